The normalized spacial score (nSPS) is 9.92. The number of aromatic nitrogens is 1. The van der Waals surface area contributed by atoms with Crippen molar-refractivity contribution in [3.8, 4) is 0 Å². The molecule has 1 aromatic rings. The summed E-state index contributed by atoms with van der Waals surface area (Å²) in [6.45, 7) is 0. The number of amides is 2. The summed E-state index contributed by atoms with van der Waals surface area (Å²) in [6, 6.07) is 2.95. The number of carbonyl (C=O) groups excluding carboxylic acids is 1. The van der Waals surface area contributed by atoms with Gasteiger partial charge in [0.05, 0.1) is 6.21 Å². The number of hydrazine groups is 1. The van der Waals surface area contributed by atoms with Crippen molar-refractivity contribution in [1.29, 1.82) is 0 Å². The van der Waals surface area contributed by atoms with E-state index < -0.39 is 6.03 Å². The topological polar surface area (TPSA) is 92.4 Å². The molecule has 6 heteroatoms. The van der Waals surface area contributed by atoms with Gasteiger partial charge in [0.2, 0.25) is 0 Å². The largest absolute Gasteiger partial charge is 0.349 e. The van der Waals surface area contributed by atoms with Crippen molar-refractivity contribution in [2.75, 3.05) is 0 Å². The Kier molecular flexibility index (Phi) is 3.40. The fourth-order valence-corrected chi connectivity index (χ4v) is 0.647. The van der Waals surface area contributed by atoms with Gasteiger partial charge in [0.15, 0.2) is 0 Å². The van der Waals surface area contributed by atoms with Gasteiger partial charge < -0.3 is 0 Å². The molecule has 13 heavy (non-hydrogen) atoms. The molecule has 0 fully saturated rings. The van der Waals surface area contributed by atoms with Crippen molar-refractivity contribution in [3.63, 3.8) is 0 Å². The number of hydrogen-bond donors (Lipinski definition) is 3. The van der Waals surface area contributed by atoms with Gasteiger partial charge in [-0.25, -0.2) is 16.1 Å². The van der Waals surface area contributed by atoms with E-state index in [-0.39, 0.29) is 0 Å². The first-order valence-corrected chi connectivity index (χ1v) is 3.52. The summed E-state index contributed by atoms with van der Waals surface area (Å²) in [5.74, 6) is 4.81. The standard InChI is InChI=1S/C7H9N5O/c8-11-7(13)12-10-5-6-1-3-9-4-2-6/h1-5H,8H2,(H2,11,12,13)/b10-5+. The molecule has 0 bridgehead atoms. The first-order valence-electron chi connectivity index (χ1n) is 3.52. The number of nitrogens with two attached hydrogens (primary N) is 1. The minimum absolute atomic E-state index is 0.565. The van der Waals surface area contributed by atoms with Crippen LogP contribution in [0.5, 0.6) is 0 Å². The van der Waals surface area contributed by atoms with Crippen molar-refractivity contribution in [1.82, 2.24) is 15.8 Å². The molecule has 0 aromatic carbocycles. The number of hydrazone groups is 1. The second-order valence-corrected chi connectivity index (χ2v) is 2.12. The number of hydrogen-bond acceptors (Lipinski definition) is 4. The molecule has 1 aromatic heterocycles. The highest BCUT2D eigenvalue weighted by Gasteiger charge is 1.89. The second-order valence-electron chi connectivity index (χ2n) is 2.12. The predicted molar refractivity (Wildman–Crippen MR) is 47.7 cm³/mol. The lowest BCUT2D eigenvalue weighted by Crippen LogP contribution is -2.37. The average Bonchev–Trinajstić information content (AvgIpc) is 2.19. The van der Waals surface area contributed by atoms with E-state index in [0.29, 0.717) is 0 Å². The van der Waals surface area contributed by atoms with Gasteiger partial charge in [-0.2, -0.15) is 5.10 Å². The molecule has 0 aliphatic heterocycles. The molecule has 1 heterocycles. The quantitative estimate of drug-likeness (QED) is 0.249. The van der Waals surface area contributed by atoms with E-state index in [1.54, 1.807) is 24.5 Å². The highest BCUT2D eigenvalue weighted by Crippen LogP contribution is 1.89. The van der Waals surface area contributed by atoms with Crippen LogP contribution in [-0.2, 0) is 0 Å². The Hall–Kier alpha value is -1.95. The van der Waals surface area contributed by atoms with Crippen LogP contribution in [-0.4, -0.2) is 17.2 Å². The fraction of sp³-hybridized carbons (Fsp3) is 0. The van der Waals surface area contributed by atoms with Crippen molar-refractivity contribution in [2.24, 2.45) is 10.9 Å². The summed E-state index contributed by atoms with van der Waals surface area (Å²) in [4.78, 5) is 14.4. The van der Waals surface area contributed by atoms with Gasteiger partial charge >= 0.3 is 6.03 Å². The van der Waals surface area contributed by atoms with Gasteiger partial charge in [0, 0.05) is 12.4 Å². The molecule has 4 N–H and O–H groups in total. The van der Waals surface area contributed by atoms with Crippen LogP contribution in [0.2, 0.25) is 0 Å². The smallest absolute Gasteiger partial charge is 0.274 e. The molecular weight excluding hydrogens is 170 g/mol. The van der Waals surface area contributed by atoms with Crippen LogP contribution in [0, 0.1) is 0 Å². The molecule has 0 unspecified atom stereocenters. The molecule has 0 saturated carbocycles. The monoisotopic (exact) mass is 179 g/mol. The second kappa shape index (κ2) is 4.83. The van der Waals surface area contributed by atoms with Crippen LogP contribution in [0.1, 0.15) is 5.56 Å². The van der Waals surface area contributed by atoms with Gasteiger partial charge in [-0.15, -0.1) is 0 Å². The van der Waals surface area contributed by atoms with Gasteiger partial charge in [-0.05, 0) is 17.7 Å². The van der Waals surface area contributed by atoms with Gasteiger partial charge in [0.25, 0.3) is 0 Å². The van der Waals surface area contributed by atoms with Crippen molar-refractivity contribution >= 4 is 12.2 Å². The maximum Gasteiger partial charge on any atom is 0.349 e. The van der Waals surface area contributed by atoms with E-state index >= 15 is 0 Å². The highest BCUT2D eigenvalue weighted by molar-refractivity contribution is 5.81. The maximum absolute atomic E-state index is 10.5. The zero-order chi connectivity index (χ0) is 9.52. The van der Waals surface area contributed by atoms with Crippen LogP contribution in [0.25, 0.3) is 0 Å². The van der Waals surface area contributed by atoms with E-state index in [0.717, 1.165) is 5.56 Å². The Labute approximate surface area is 74.8 Å². The summed E-state index contributed by atoms with van der Waals surface area (Å²) >= 11 is 0. The average molecular weight is 179 g/mol. The lowest BCUT2D eigenvalue weighted by Gasteiger charge is -1.95. The molecule has 6 nitrogen and oxygen atoms in total. The molecular formula is C7H9N5O. The maximum atomic E-state index is 10.5. The van der Waals surface area contributed by atoms with Crippen molar-refractivity contribution in [3.05, 3.63) is 30.1 Å². The molecule has 0 radical (unpaired) electrons. The van der Waals surface area contributed by atoms with Crippen LogP contribution < -0.4 is 16.7 Å². The molecule has 1 rings (SSSR count). The summed E-state index contributed by atoms with van der Waals surface area (Å²) in [5.41, 5.74) is 4.87. The van der Waals surface area contributed by atoms with Gasteiger partial charge in [0.1, 0.15) is 0 Å². The van der Waals surface area contributed by atoms with E-state index in [4.69, 9.17) is 5.84 Å². The van der Waals surface area contributed by atoms with Crippen LogP contribution >= 0.6 is 0 Å². The first-order chi connectivity index (χ1) is 6.33. The number of pyridine rings is 1. The molecule has 0 aliphatic carbocycles. The number of urea groups is 1. The van der Waals surface area contributed by atoms with E-state index in [1.807, 2.05) is 5.43 Å². The van der Waals surface area contributed by atoms with Crippen molar-refractivity contribution < 1.29 is 4.79 Å². The summed E-state index contributed by atoms with van der Waals surface area (Å²) in [7, 11) is 0. The van der Waals surface area contributed by atoms with Crippen LogP contribution in [0.4, 0.5) is 4.79 Å². The third-order valence-corrected chi connectivity index (χ3v) is 1.22. The van der Waals surface area contributed by atoms with Crippen LogP contribution in [0.3, 0.4) is 0 Å². The van der Waals surface area contributed by atoms with Crippen LogP contribution in [0.15, 0.2) is 29.6 Å². The lowest BCUT2D eigenvalue weighted by molar-refractivity contribution is 0.241. The molecule has 68 valence electrons. The molecule has 0 spiro atoms. The third kappa shape index (κ3) is 3.30. The Morgan fingerprint density at radius 2 is 2.23 bits per heavy atom. The van der Waals surface area contributed by atoms with E-state index in [9.17, 15) is 4.79 Å². The zero-order valence-electron chi connectivity index (χ0n) is 6.77. The first kappa shape index (κ1) is 9.14. The Morgan fingerprint density at radius 3 is 2.85 bits per heavy atom. The van der Waals surface area contributed by atoms with E-state index in [2.05, 4.69) is 15.5 Å². The van der Waals surface area contributed by atoms with Crippen molar-refractivity contribution in [2.45, 2.75) is 0 Å². The zero-order valence-corrected chi connectivity index (χ0v) is 6.77. The Morgan fingerprint density at radius 1 is 1.54 bits per heavy atom. The number of carbonyl (C=O) groups is 1. The molecule has 2 amide bonds. The Bertz CT molecular complexity index is 297. The molecule has 0 saturated heterocycles. The molecule has 0 aliphatic rings. The number of rotatable bonds is 2. The van der Waals surface area contributed by atoms with Gasteiger partial charge in [-0.3, -0.25) is 10.4 Å². The van der Waals surface area contributed by atoms with E-state index in [1.165, 1.54) is 6.21 Å². The number of nitrogens with zero attached hydrogens (tertiary/aromatic N) is 2. The number of nitrogens with one attached hydrogen (secondary N) is 2. The SMILES string of the molecule is NNC(=O)N/N=C/c1ccncc1. The fourth-order valence-electron chi connectivity index (χ4n) is 0.647. The third-order valence-electron chi connectivity index (χ3n) is 1.22. The van der Waals surface area contributed by atoms with Gasteiger partial charge in [-0.1, -0.05) is 0 Å². The minimum atomic E-state index is -0.565. The molecule has 0 atom stereocenters. The summed E-state index contributed by atoms with van der Waals surface area (Å²) in [6.07, 6.45) is 4.74. The Balaban J connectivity index is 2.45. The minimum Gasteiger partial charge on any atom is -0.274 e. The highest BCUT2D eigenvalue weighted by atomic mass is 16.2. The predicted octanol–water partition coefficient (Wildman–Crippen LogP) is -0.412. The lowest BCUT2D eigenvalue weighted by atomic mass is 10.3. The summed E-state index contributed by atoms with van der Waals surface area (Å²) < 4.78 is 0. The summed E-state index contributed by atoms with van der Waals surface area (Å²) in [5, 5.41) is 3.62.